The molecule has 218 valence electrons. The largest absolute Gasteiger partial charge is 0.352 e. The number of carbonyl (C=O) groups is 2. The Balaban J connectivity index is 1.69. The van der Waals surface area contributed by atoms with Crippen molar-refractivity contribution in [1.82, 2.24) is 10.2 Å². The van der Waals surface area contributed by atoms with Crippen molar-refractivity contribution in [2.45, 2.75) is 76.4 Å². The van der Waals surface area contributed by atoms with Crippen molar-refractivity contribution in [2.75, 3.05) is 10.8 Å². The first-order chi connectivity index (χ1) is 19.6. The number of nitrogens with zero attached hydrogens (tertiary/aromatic N) is 2. The van der Waals surface area contributed by atoms with E-state index in [1.165, 1.54) is 17.0 Å². The molecule has 0 radical (unpaired) electrons. The molecule has 0 aliphatic heterocycles. The number of amides is 2. The molecular formula is C32H38ClN3O4S. The van der Waals surface area contributed by atoms with Gasteiger partial charge in [-0.25, -0.2) is 8.42 Å². The number of carbonyl (C=O) groups excluding carboxylic acids is 2. The van der Waals surface area contributed by atoms with Gasteiger partial charge >= 0.3 is 0 Å². The fourth-order valence-electron chi connectivity index (χ4n) is 5.30. The molecule has 7 nitrogen and oxygen atoms in total. The van der Waals surface area contributed by atoms with E-state index in [0.29, 0.717) is 10.7 Å². The minimum atomic E-state index is -4.10. The Morgan fingerprint density at radius 3 is 2.32 bits per heavy atom. The predicted molar refractivity (Wildman–Crippen MR) is 163 cm³/mol. The minimum Gasteiger partial charge on any atom is -0.352 e. The third kappa shape index (κ3) is 7.68. The van der Waals surface area contributed by atoms with Gasteiger partial charge in [0.05, 0.1) is 10.6 Å². The second kappa shape index (κ2) is 13.5. The number of hydrogen-bond acceptors (Lipinski definition) is 4. The summed E-state index contributed by atoms with van der Waals surface area (Å²) in [5.74, 6) is -0.744. The summed E-state index contributed by atoms with van der Waals surface area (Å²) in [4.78, 5) is 29.1. The molecular weight excluding hydrogens is 558 g/mol. The number of halogens is 1. The molecule has 1 aliphatic carbocycles. The molecule has 0 unspecified atom stereocenters. The lowest BCUT2D eigenvalue weighted by Gasteiger charge is -2.33. The van der Waals surface area contributed by atoms with Gasteiger partial charge in [-0.2, -0.15) is 0 Å². The SMILES string of the molecule is Cc1ccc(N(CC(=O)N(Cc2cccc(Cl)c2)[C@@H](C)C(=O)NC2CCCCC2)S(=O)(=O)c2ccccc2)c(C)c1. The molecule has 3 aromatic rings. The van der Waals surface area contributed by atoms with Crippen LogP contribution in [-0.2, 0) is 26.2 Å². The van der Waals surface area contributed by atoms with E-state index in [9.17, 15) is 18.0 Å². The first kappa shape index (κ1) is 30.6. The Morgan fingerprint density at radius 2 is 1.66 bits per heavy atom. The Bertz CT molecular complexity index is 1470. The van der Waals surface area contributed by atoms with Gasteiger partial charge in [-0.05, 0) is 75.1 Å². The number of aryl methyl sites for hydroxylation is 2. The highest BCUT2D eigenvalue weighted by Crippen LogP contribution is 2.28. The smallest absolute Gasteiger partial charge is 0.264 e. The lowest BCUT2D eigenvalue weighted by atomic mass is 9.95. The van der Waals surface area contributed by atoms with Crippen molar-refractivity contribution in [3.05, 3.63) is 94.5 Å². The summed E-state index contributed by atoms with van der Waals surface area (Å²) in [7, 11) is -4.10. The monoisotopic (exact) mass is 595 g/mol. The van der Waals surface area contributed by atoms with E-state index in [1.54, 1.807) is 49.4 Å². The van der Waals surface area contributed by atoms with Gasteiger partial charge in [0.15, 0.2) is 0 Å². The average molecular weight is 596 g/mol. The van der Waals surface area contributed by atoms with Crippen molar-refractivity contribution in [3.8, 4) is 0 Å². The Hall–Kier alpha value is -3.36. The van der Waals surface area contributed by atoms with Crippen LogP contribution in [0.25, 0.3) is 0 Å². The summed E-state index contributed by atoms with van der Waals surface area (Å²) >= 11 is 6.23. The lowest BCUT2D eigenvalue weighted by molar-refractivity contribution is -0.139. The summed E-state index contributed by atoms with van der Waals surface area (Å²) in [5, 5.41) is 3.63. The normalized spacial score (nSPS) is 14.7. The molecule has 1 saturated carbocycles. The highest BCUT2D eigenvalue weighted by Gasteiger charge is 2.33. The number of nitrogens with one attached hydrogen (secondary N) is 1. The molecule has 1 aliphatic rings. The van der Waals surface area contributed by atoms with Crippen LogP contribution in [0.4, 0.5) is 5.69 Å². The fourth-order valence-corrected chi connectivity index (χ4v) is 7.01. The molecule has 0 bridgehead atoms. The van der Waals surface area contributed by atoms with Gasteiger partial charge in [-0.3, -0.25) is 13.9 Å². The standard InChI is InChI=1S/C32H38ClN3O4S/c1-23-17-18-30(24(2)19-23)36(41(39,40)29-15-8-5-9-16-29)22-31(37)35(21-26-11-10-12-27(33)20-26)25(3)32(38)34-28-13-6-4-7-14-28/h5,8-12,15-20,25,28H,4,6-7,13-14,21-22H2,1-3H3,(H,34,38)/t25-/m0/s1. The molecule has 4 rings (SSSR count). The third-order valence-electron chi connectivity index (χ3n) is 7.59. The second-order valence-corrected chi connectivity index (χ2v) is 13.1. The average Bonchev–Trinajstić information content (AvgIpc) is 2.95. The Labute approximate surface area is 248 Å². The van der Waals surface area contributed by atoms with Gasteiger partial charge in [-0.1, -0.05) is 78.9 Å². The molecule has 2 amide bonds. The van der Waals surface area contributed by atoms with Crippen LogP contribution >= 0.6 is 11.6 Å². The highest BCUT2D eigenvalue weighted by molar-refractivity contribution is 7.92. The zero-order chi connectivity index (χ0) is 29.6. The van der Waals surface area contributed by atoms with Crippen LogP contribution in [-0.4, -0.2) is 43.8 Å². The molecule has 9 heteroatoms. The first-order valence-corrected chi connectivity index (χ1v) is 15.9. The van der Waals surface area contributed by atoms with E-state index in [0.717, 1.165) is 53.1 Å². The molecule has 0 heterocycles. The summed E-state index contributed by atoms with van der Waals surface area (Å²) in [6, 6.07) is 19.9. The summed E-state index contributed by atoms with van der Waals surface area (Å²) in [6.07, 6.45) is 5.11. The predicted octanol–water partition coefficient (Wildman–Crippen LogP) is 6.02. The topological polar surface area (TPSA) is 86.8 Å². The van der Waals surface area contributed by atoms with E-state index in [4.69, 9.17) is 11.6 Å². The maximum atomic E-state index is 14.1. The van der Waals surface area contributed by atoms with Crippen LogP contribution in [0.3, 0.4) is 0 Å². The van der Waals surface area contributed by atoms with Crippen LogP contribution in [0.15, 0.2) is 77.7 Å². The van der Waals surface area contributed by atoms with Crippen LogP contribution < -0.4 is 9.62 Å². The minimum absolute atomic E-state index is 0.0759. The van der Waals surface area contributed by atoms with Crippen molar-refractivity contribution in [3.63, 3.8) is 0 Å². The van der Waals surface area contributed by atoms with Crippen LogP contribution in [0.5, 0.6) is 0 Å². The maximum absolute atomic E-state index is 14.1. The molecule has 3 aromatic carbocycles. The molecule has 0 saturated heterocycles. The van der Waals surface area contributed by atoms with Gasteiger partial charge in [0.2, 0.25) is 11.8 Å². The van der Waals surface area contributed by atoms with Crippen molar-refractivity contribution < 1.29 is 18.0 Å². The third-order valence-corrected chi connectivity index (χ3v) is 9.60. The van der Waals surface area contributed by atoms with Gasteiger partial charge in [0.1, 0.15) is 12.6 Å². The Kier molecular flexibility index (Phi) is 10.1. The molecule has 1 atom stereocenters. The quantitative estimate of drug-likeness (QED) is 0.311. The van der Waals surface area contributed by atoms with Crippen LogP contribution in [0.1, 0.15) is 55.7 Å². The number of benzene rings is 3. The van der Waals surface area contributed by atoms with Crippen molar-refractivity contribution in [2.24, 2.45) is 0 Å². The molecule has 1 fully saturated rings. The summed E-state index contributed by atoms with van der Waals surface area (Å²) in [5.41, 5.74) is 2.86. The van der Waals surface area contributed by atoms with Crippen LogP contribution in [0.2, 0.25) is 5.02 Å². The van der Waals surface area contributed by atoms with E-state index in [-0.39, 0.29) is 23.4 Å². The maximum Gasteiger partial charge on any atom is 0.264 e. The number of sulfonamides is 1. The van der Waals surface area contributed by atoms with Gasteiger partial charge in [0.25, 0.3) is 10.0 Å². The fraction of sp³-hybridized carbons (Fsp3) is 0.375. The van der Waals surface area contributed by atoms with E-state index < -0.39 is 28.5 Å². The second-order valence-electron chi connectivity index (χ2n) is 10.8. The van der Waals surface area contributed by atoms with E-state index in [2.05, 4.69) is 5.32 Å². The summed E-state index contributed by atoms with van der Waals surface area (Å²) < 4.78 is 29.1. The van der Waals surface area contributed by atoms with Gasteiger partial charge < -0.3 is 10.2 Å². The Morgan fingerprint density at radius 1 is 0.951 bits per heavy atom. The molecule has 0 spiro atoms. The number of anilines is 1. The number of hydrogen-bond donors (Lipinski definition) is 1. The first-order valence-electron chi connectivity index (χ1n) is 14.1. The zero-order valence-electron chi connectivity index (χ0n) is 23.8. The number of rotatable bonds is 10. The van der Waals surface area contributed by atoms with Gasteiger partial charge in [0, 0.05) is 17.6 Å². The molecule has 41 heavy (non-hydrogen) atoms. The highest BCUT2D eigenvalue weighted by atomic mass is 35.5. The van der Waals surface area contributed by atoms with Gasteiger partial charge in [-0.15, -0.1) is 0 Å². The van der Waals surface area contributed by atoms with Crippen molar-refractivity contribution >= 4 is 39.1 Å². The molecule has 0 aromatic heterocycles. The molecule has 1 N–H and O–H groups in total. The van der Waals surface area contributed by atoms with E-state index in [1.807, 2.05) is 32.0 Å². The van der Waals surface area contributed by atoms with E-state index >= 15 is 0 Å². The van der Waals surface area contributed by atoms with Crippen LogP contribution in [0, 0.1) is 13.8 Å². The zero-order valence-corrected chi connectivity index (χ0v) is 25.4. The van der Waals surface area contributed by atoms with Crippen molar-refractivity contribution in [1.29, 1.82) is 0 Å². The lowest BCUT2D eigenvalue weighted by Crippen LogP contribution is -2.53. The summed E-state index contributed by atoms with van der Waals surface area (Å²) in [6.45, 7) is 5.07.